The fraction of sp³-hybridized carbons (Fsp3) is 0.0612. The molecule has 0 amide bonds. The van der Waals surface area contributed by atoms with Crippen molar-refractivity contribution in [3.05, 3.63) is 182 Å². The monoisotopic (exact) mass is 669 g/mol. The van der Waals surface area contributed by atoms with Crippen LogP contribution in [0.4, 0.5) is 0 Å². The van der Waals surface area contributed by atoms with E-state index in [9.17, 15) is 0 Å². The van der Waals surface area contributed by atoms with Gasteiger partial charge >= 0.3 is 0 Å². The molecule has 0 unspecified atom stereocenters. The number of para-hydroxylation sites is 3. The van der Waals surface area contributed by atoms with Crippen LogP contribution in [-0.2, 0) is 0 Å². The number of hydrogen-bond donors (Lipinski definition) is 0. The van der Waals surface area contributed by atoms with Crippen molar-refractivity contribution in [2.45, 2.75) is 20.8 Å². The molecule has 0 bridgehead atoms. The minimum absolute atomic E-state index is 1.05. The highest BCUT2D eigenvalue weighted by Gasteiger charge is 2.26. The summed E-state index contributed by atoms with van der Waals surface area (Å²) < 4.78 is 7.34. The Balaban J connectivity index is 1.47. The van der Waals surface area contributed by atoms with Crippen LogP contribution in [0.1, 0.15) is 26.3 Å². The van der Waals surface area contributed by atoms with Gasteiger partial charge in [-0.2, -0.15) is 0 Å². The van der Waals surface area contributed by atoms with Gasteiger partial charge in [0.05, 0.1) is 33.1 Å². The van der Waals surface area contributed by atoms with Gasteiger partial charge in [-0.15, -0.1) is 0 Å². The zero-order valence-electron chi connectivity index (χ0n) is 29.7. The largest absolute Gasteiger partial charge is 0.309 e. The van der Waals surface area contributed by atoms with Gasteiger partial charge in [0.25, 0.3) is 0 Å². The van der Waals surface area contributed by atoms with Gasteiger partial charge in [-0.05, 0) is 104 Å². The van der Waals surface area contributed by atoms with Gasteiger partial charge in [0.15, 0.2) is 0 Å². The molecule has 0 aliphatic rings. The number of nitrogens with zero attached hydrogens (tertiary/aromatic N) is 3. The quantitative estimate of drug-likeness (QED) is 0.150. The van der Waals surface area contributed by atoms with Crippen molar-refractivity contribution >= 4 is 65.9 Å². The van der Waals surface area contributed by atoms with Crippen molar-refractivity contribution in [3.8, 4) is 22.5 Å². The molecule has 6 aromatic carbocycles. The summed E-state index contributed by atoms with van der Waals surface area (Å²) in [7, 11) is 0. The minimum Gasteiger partial charge on any atom is -0.309 e. The highest BCUT2D eigenvalue weighted by molar-refractivity contribution is 6.29. The van der Waals surface area contributed by atoms with Crippen LogP contribution in [0, 0.1) is 0 Å². The summed E-state index contributed by atoms with van der Waals surface area (Å²) >= 11 is 0. The Labute approximate surface area is 304 Å². The van der Waals surface area contributed by atoms with Crippen LogP contribution in [0.2, 0.25) is 0 Å². The van der Waals surface area contributed by atoms with Gasteiger partial charge in [-0.1, -0.05) is 116 Å². The summed E-state index contributed by atoms with van der Waals surface area (Å²) in [6, 6.07) is 50.7. The Morgan fingerprint density at radius 1 is 0.519 bits per heavy atom. The second kappa shape index (κ2) is 12.6. The van der Waals surface area contributed by atoms with Gasteiger partial charge in [-0.3, -0.25) is 0 Å². The minimum atomic E-state index is 1.05. The number of rotatable bonds is 7. The fourth-order valence-corrected chi connectivity index (χ4v) is 8.24. The highest BCUT2D eigenvalue weighted by atomic mass is 15.1. The molecule has 0 aliphatic carbocycles. The third-order valence-electron chi connectivity index (χ3n) is 10.4. The van der Waals surface area contributed by atoms with Gasteiger partial charge in [0.2, 0.25) is 0 Å². The van der Waals surface area contributed by atoms with Crippen LogP contribution in [0.25, 0.3) is 88.4 Å². The molecule has 0 saturated heterocycles. The zero-order valence-corrected chi connectivity index (χ0v) is 29.7. The highest BCUT2D eigenvalue weighted by Crippen LogP contribution is 2.46. The zero-order chi connectivity index (χ0) is 35.3. The maximum Gasteiger partial charge on any atom is 0.0804 e. The molecule has 250 valence electrons. The van der Waals surface area contributed by atoms with E-state index in [1.165, 1.54) is 71.4 Å². The lowest BCUT2D eigenvalue weighted by molar-refractivity contribution is 1.18. The van der Waals surface area contributed by atoms with Crippen LogP contribution in [0.5, 0.6) is 0 Å². The number of hydrogen-bond acceptors (Lipinski definition) is 0. The molecule has 3 nitrogen and oxygen atoms in total. The first kappa shape index (κ1) is 31.4. The molecule has 0 saturated carbocycles. The molecule has 9 rings (SSSR count). The van der Waals surface area contributed by atoms with Crippen LogP contribution < -0.4 is 0 Å². The summed E-state index contributed by atoms with van der Waals surface area (Å²) in [5, 5.41) is 4.85. The van der Waals surface area contributed by atoms with E-state index in [-0.39, 0.29) is 0 Å². The van der Waals surface area contributed by atoms with Crippen LogP contribution in [-0.4, -0.2) is 13.7 Å². The lowest BCUT2D eigenvalue weighted by atomic mass is 9.97. The molecule has 0 spiro atoms. The van der Waals surface area contributed by atoms with E-state index < -0.39 is 0 Å². The molecule has 0 atom stereocenters. The number of aromatic nitrogens is 3. The molecule has 3 heterocycles. The maximum atomic E-state index is 4.32. The molecule has 9 aromatic rings. The van der Waals surface area contributed by atoms with E-state index in [2.05, 4.69) is 205 Å². The van der Waals surface area contributed by atoms with E-state index in [0.29, 0.717) is 0 Å². The third-order valence-corrected chi connectivity index (χ3v) is 10.4. The molecular formula is C49H39N3. The first-order chi connectivity index (χ1) is 25.7. The molecule has 0 N–H and O–H groups in total. The fourth-order valence-electron chi connectivity index (χ4n) is 8.24. The molecular weight excluding hydrogens is 631 g/mol. The summed E-state index contributed by atoms with van der Waals surface area (Å²) in [5.74, 6) is 0. The van der Waals surface area contributed by atoms with Crippen molar-refractivity contribution in [3.63, 3.8) is 0 Å². The lowest BCUT2D eigenvalue weighted by Crippen LogP contribution is -1.98. The summed E-state index contributed by atoms with van der Waals surface area (Å²) in [6.45, 7) is 10.6. The van der Waals surface area contributed by atoms with Crippen LogP contribution >= 0.6 is 0 Å². The SMILES string of the molecule is C=C/C(=C\C)n1c2c(ccc3c2c2ccccc2n3-c2cc(C(/C=C\C)=C/C)cc(-c3ccccc3)c2)c2c1c1ccccc1n2-c1ccccc1. The van der Waals surface area contributed by atoms with Gasteiger partial charge in [0.1, 0.15) is 0 Å². The Kier molecular flexibility index (Phi) is 7.63. The van der Waals surface area contributed by atoms with Gasteiger partial charge in [0, 0.05) is 38.6 Å². The van der Waals surface area contributed by atoms with Crippen molar-refractivity contribution in [2.75, 3.05) is 0 Å². The average molecular weight is 670 g/mol. The molecule has 0 radical (unpaired) electrons. The molecule has 3 heteroatoms. The average Bonchev–Trinajstić information content (AvgIpc) is 3.84. The summed E-state index contributed by atoms with van der Waals surface area (Å²) in [4.78, 5) is 0. The van der Waals surface area contributed by atoms with Crippen molar-refractivity contribution in [2.24, 2.45) is 0 Å². The first-order valence-electron chi connectivity index (χ1n) is 18.0. The third kappa shape index (κ3) is 4.66. The Bertz CT molecular complexity index is 2920. The van der Waals surface area contributed by atoms with E-state index in [1.807, 2.05) is 6.08 Å². The lowest BCUT2D eigenvalue weighted by Gasteiger charge is -2.15. The standard InChI is InChI=1S/C49H39N3/c1-5-19-33(6-2)35-30-36(34-20-11-9-12-21-34)32-39(31-35)50-43-26-17-15-24-40(43)46-45(50)29-28-42-47(46)52(37(7-3)8-4)48-41-25-16-18-27-44(41)51(49(42)48)38-22-13-10-14-23-38/h5-32H,3H2,1-2,4H3/b19-5-,33-6+,37-8+. The van der Waals surface area contributed by atoms with E-state index in [0.717, 1.165) is 22.6 Å². The van der Waals surface area contributed by atoms with Crippen molar-refractivity contribution in [1.82, 2.24) is 13.7 Å². The second-order valence-electron chi connectivity index (χ2n) is 13.2. The van der Waals surface area contributed by atoms with E-state index >= 15 is 0 Å². The smallest absolute Gasteiger partial charge is 0.0804 e. The predicted octanol–water partition coefficient (Wildman–Crippen LogP) is 13.5. The molecule has 52 heavy (non-hydrogen) atoms. The van der Waals surface area contributed by atoms with Gasteiger partial charge in [-0.25, -0.2) is 0 Å². The number of fused-ring (bicyclic) bond motifs is 9. The Morgan fingerprint density at radius 2 is 1.19 bits per heavy atom. The molecule has 3 aromatic heterocycles. The van der Waals surface area contributed by atoms with Crippen molar-refractivity contribution < 1.29 is 0 Å². The van der Waals surface area contributed by atoms with E-state index in [1.54, 1.807) is 0 Å². The van der Waals surface area contributed by atoms with Crippen molar-refractivity contribution in [1.29, 1.82) is 0 Å². The first-order valence-corrected chi connectivity index (χ1v) is 18.0. The molecule has 0 aliphatic heterocycles. The summed E-state index contributed by atoms with van der Waals surface area (Å²) in [6.07, 6.45) is 10.7. The van der Waals surface area contributed by atoms with Crippen LogP contribution in [0.15, 0.2) is 176 Å². The normalized spacial score (nSPS) is 12.8. The Morgan fingerprint density at radius 3 is 1.88 bits per heavy atom. The molecule has 0 fully saturated rings. The summed E-state index contributed by atoms with van der Waals surface area (Å²) in [5.41, 5.74) is 15.2. The maximum absolute atomic E-state index is 4.32. The van der Waals surface area contributed by atoms with E-state index in [4.69, 9.17) is 0 Å². The van der Waals surface area contributed by atoms with Crippen LogP contribution in [0.3, 0.4) is 0 Å². The number of benzene rings is 6. The Hall–Kier alpha value is -6.58. The topological polar surface area (TPSA) is 14.8 Å². The second-order valence-corrected chi connectivity index (χ2v) is 13.2. The number of allylic oxidation sites excluding steroid dienone is 7. The van der Waals surface area contributed by atoms with Gasteiger partial charge < -0.3 is 13.7 Å². The predicted molar refractivity (Wildman–Crippen MR) is 225 cm³/mol.